The second-order valence-corrected chi connectivity index (χ2v) is 8.85. The standard InChI is InChI=1S/C23H22N4OS/c1-16-18-14-23(15-24,21(28)19-10-7-13-29-19)20-11-5-6-12-26(20)22(18)27(25-16)17-8-3-2-4-9-17/h2-4,7-10,13,20H,5-6,11-12,14H2,1H3/t20-,23-/m1/s1. The van der Waals surface area contributed by atoms with Gasteiger partial charge in [-0.25, -0.2) is 4.68 Å². The van der Waals surface area contributed by atoms with Gasteiger partial charge in [-0.3, -0.25) is 4.79 Å². The van der Waals surface area contributed by atoms with Crippen LogP contribution in [0.2, 0.25) is 0 Å². The van der Waals surface area contributed by atoms with E-state index < -0.39 is 5.41 Å². The molecule has 0 unspecified atom stereocenters. The average molecular weight is 403 g/mol. The summed E-state index contributed by atoms with van der Waals surface area (Å²) < 4.78 is 2.00. The zero-order valence-electron chi connectivity index (χ0n) is 16.3. The van der Waals surface area contributed by atoms with Crippen molar-refractivity contribution in [3.05, 3.63) is 64.0 Å². The van der Waals surface area contributed by atoms with E-state index in [2.05, 4.69) is 23.1 Å². The van der Waals surface area contributed by atoms with Crippen LogP contribution in [0.15, 0.2) is 47.8 Å². The van der Waals surface area contributed by atoms with Gasteiger partial charge in [0.15, 0.2) is 5.78 Å². The fourth-order valence-electron chi connectivity index (χ4n) is 4.92. The van der Waals surface area contributed by atoms with Crippen molar-refractivity contribution >= 4 is 22.9 Å². The highest BCUT2D eigenvalue weighted by molar-refractivity contribution is 7.12. The van der Waals surface area contributed by atoms with Crippen LogP contribution in [-0.4, -0.2) is 28.2 Å². The Morgan fingerprint density at radius 3 is 2.79 bits per heavy atom. The summed E-state index contributed by atoms with van der Waals surface area (Å²) >= 11 is 1.43. The van der Waals surface area contributed by atoms with Gasteiger partial charge in [0.1, 0.15) is 11.2 Å². The molecule has 1 fully saturated rings. The molecule has 0 radical (unpaired) electrons. The Morgan fingerprint density at radius 1 is 1.24 bits per heavy atom. The second-order valence-electron chi connectivity index (χ2n) is 7.91. The van der Waals surface area contributed by atoms with E-state index >= 15 is 0 Å². The minimum atomic E-state index is -1.06. The summed E-state index contributed by atoms with van der Waals surface area (Å²) in [5.41, 5.74) is 1.87. The highest BCUT2D eigenvalue weighted by atomic mass is 32.1. The molecule has 0 aliphatic carbocycles. The van der Waals surface area contributed by atoms with E-state index in [1.54, 1.807) is 0 Å². The summed E-state index contributed by atoms with van der Waals surface area (Å²) in [6.45, 7) is 2.83. The van der Waals surface area contributed by atoms with Crippen LogP contribution in [0.25, 0.3) is 5.69 Å². The number of benzene rings is 1. The lowest BCUT2D eigenvalue weighted by atomic mass is 9.67. The minimum absolute atomic E-state index is 0.0376. The Kier molecular flexibility index (Phi) is 4.29. The number of carbonyl (C=O) groups excluding carboxylic acids is 1. The van der Waals surface area contributed by atoms with E-state index in [0.29, 0.717) is 11.3 Å². The van der Waals surface area contributed by atoms with Crippen molar-refractivity contribution in [2.45, 2.75) is 38.6 Å². The van der Waals surface area contributed by atoms with E-state index in [9.17, 15) is 10.1 Å². The first-order valence-corrected chi connectivity index (χ1v) is 10.9. The number of thiophene rings is 1. The average Bonchev–Trinajstić information content (AvgIpc) is 3.42. The molecular formula is C23H22N4OS. The molecule has 2 aliphatic heterocycles. The van der Waals surface area contributed by atoms with Gasteiger partial charge >= 0.3 is 0 Å². The molecule has 146 valence electrons. The molecule has 0 spiro atoms. The third kappa shape index (κ3) is 2.65. The van der Waals surface area contributed by atoms with Gasteiger partial charge in [-0.1, -0.05) is 24.3 Å². The summed E-state index contributed by atoms with van der Waals surface area (Å²) in [6, 6.07) is 16.2. The zero-order valence-corrected chi connectivity index (χ0v) is 17.2. The summed E-state index contributed by atoms with van der Waals surface area (Å²) in [7, 11) is 0. The number of nitriles is 1. The molecule has 29 heavy (non-hydrogen) atoms. The highest BCUT2D eigenvalue weighted by Crippen LogP contribution is 2.48. The maximum absolute atomic E-state index is 13.6. The molecule has 0 amide bonds. The first-order chi connectivity index (χ1) is 14.2. The van der Waals surface area contributed by atoms with Crippen molar-refractivity contribution in [3.63, 3.8) is 0 Å². The fraction of sp³-hybridized carbons (Fsp3) is 0.348. The Morgan fingerprint density at radius 2 is 2.07 bits per heavy atom. The molecule has 1 saturated heterocycles. The minimum Gasteiger partial charge on any atom is -0.351 e. The SMILES string of the molecule is Cc1nn(-c2ccccc2)c2c1C[C@](C#N)(C(=O)c1cccs1)[C@H]1CCCCN21. The summed E-state index contributed by atoms with van der Waals surface area (Å²) in [5.74, 6) is 1.02. The van der Waals surface area contributed by atoms with Gasteiger partial charge in [-0.2, -0.15) is 10.4 Å². The monoisotopic (exact) mass is 402 g/mol. The zero-order chi connectivity index (χ0) is 20.0. The number of aryl methyl sites for hydroxylation is 1. The third-order valence-corrected chi connectivity index (χ3v) is 7.18. The van der Waals surface area contributed by atoms with Gasteiger partial charge in [-0.15, -0.1) is 11.3 Å². The number of hydrogen-bond acceptors (Lipinski definition) is 5. The third-order valence-electron chi connectivity index (χ3n) is 6.31. The lowest BCUT2D eigenvalue weighted by molar-refractivity contribution is 0.0803. The van der Waals surface area contributed by atoms with E-state index in [4.69, 9.17) is 5.10 Å². The molecule has 5 nitrogen and oxygen atoms in total. The number of hydrogen-bond donors (Lipinski definition) is 0. The molecule has 2 aromatic heterocycles. The van der Waals surface area contributed by atoms with E-state index in [1.165, 1.54) is 11.3 Å². The second kappa shape index (κ2) is 6.85. The molecule has 2 aliphatic rings. The predicted molar refractivity (Wildman–Crippen MR) is 114 cm³/mol. The predicted octanol–water partition coefficient (Wildman–Crippen LogP) is 4.55. The van der Waals surface area contributed by atoms with Crippen LogP contribution in [0.1, 0.15) is 40.2 Å². The number of para-hydroxylation sites is 1. The quantitative estimate of drug-likeness (QED) is 0.603. The number of ketones is 1. The smallest absolute Gasteiger partial charge is 0.195 e. The van der Waals surface area contributed by atoms with Crippen LogP contribution >= 0.6 is 11.3 Å². The van der Waals surface area contributed by atoms with Crippen molar-refractivity contribution in [1.29, 1.82) is 5.26 Å². The fourth-order valence-corrected chi connectivity index (χ4v) is 5.67. The Labute approximate surface area is 174 Å². The number of fused-ring (bicyclic) bond motifs is 3. The van der Waals surface area contributed by atoms with Gasteiger partial charge < -0.3 is 4.90 Å². The van der Waals surface area contributed by atoms with Gasteiger partial charge in [0.05, 0.1) is 28.4 Å². The normalized spacial score (nSPS) is 23.2. The molecule has 3 aromatic rings. The van der Waals surface area contributed by atoms with Crippen LogP contribution in [0.4, 0.5) is 5.82 Å². The Balaban J connectivity index is 1.70. The Hall–Kier alpha value is -2.91. The van der Waals surface area contributed by atoms with Crippen molar-refractivity contribution in [2.24, 2.45) is 5.41 Å². The molecular weight excluding hydrogens is 380 g/mol. The number of aromatic nitrogens is 2. The number of piperidine rings is 1. The molecule has 4 heterocycles. The topological polar surface area (TPSA) is 61.9 Å². The van der Waals surface area contributed by atoms with Gasteiger partial charge in [0, 0.05) is 18.5 Å². The van der Waals surface area contributed by atoms with Crippen molar-refractivity contribution in [2.75, 3.05) is 11.4 Å². The number of rotatable bonds is 3. The molecule has 6 heteroatoms. The maximum Gasteiger partial charge on any atom is 0.195 e. The molecule has 0 bridgehead atoms. The van der Waals surface area contributed by atoms with Crippen LogP contribution < -0.4 is 4.90 Å². The molecule has 1 aromatic carbocycles. The van der Waals surface area contributed by atoms with E-state index in [1.807, 2.05) is 47.3 Å². The largest absolute Gasteiger partial charge is 0.351 e. The number of carbonyl (C=O) groups is 1. The lowest BCUT2D eigenvalue weighted by Gasteiger charge is -2.48. The van der Waals surface area contributed by atoms with Crippen LogP contribution in [-0.2, 0) is 6.42 Å². The number of Topliss-reactive ketones (excluding diaryl/α,β-unsaturated/α-hetero) is 1. The van der Waals surface area contributed by atoms with Crippen molar-refractivity contribution < 1.29 is 4.79 Å². The van der Waals surface area contributed by atoms with Gasteiger partial charge in [0.2, 0.25) is 0 Å². The first-order valence-electron chi connectivity index (χ1n) is 10.1. The van der Waals surface area contributed by atoms with E-state index in [0.717, 1.165) is 48.6 Å². The molecule has 0 N–H and O–H groups in total. The summed E-state index contributed by atoms with van der Waals surface area (Å²) in [5, 5.41) is 17.1. The summed E-state index contributed by atoms with van der Waals surface area (Å²) in [6.07, 6.45) is 3.37. The lowest BCUT2D eigenvalue weighted by Crippen LogP contribution is -2.58. The van der Waals surface area contributed by atoms with Crippen molar-refractivity contribution in [1.82, 2.24) is 9.78 Å². The first kappa shape index (κ1) is 18.1. The number of nitrogens with zero attached hydrogens (tertiary/aromatic N) is 4. The van der Waals surface area contributed by atoms with Crippen LogP contribution in [0.5, 0.6) is 0 Å². The molecule has 0 saturated carbocycles. The van der Waals surface area contributed by atoms with Gasteiger partial charge in [-0.05, 0) is 49.8 Å². The highest BCUT2D eigenvalue weighted by Gasteiger charge is 2.55. The van der Waals surface area contributed by atoms with E-state index in [-0.39, 0.29) is 11.8 Å². The maximum atomic E-state index is 13.6. The Bertz CT molecular complexity index is 1100. The van der Waals surface area contributed by atoms with Crippen LogP contribution in [0.3, 0.4) is 0 Å². The van der Waals surface area contributed by atoms with Crippen molar-refractivity contribution in [3.8, 4) is 11.8 Å². The summed E-state index contributed by atoms with van der Waals surface area (Å²) in [4.78, 5) is 16.6. The number of anilines is 1. The molecule has 2 atom stereocenters. The van der Waals surface area contributed by atoms with Gasteiger partial charge in [0.25, 0.3) is 0 Å². The van der Waals surface area contributed by atoms with Crippen LogP contribution in [0, 0.1) is 23.7 Å². The molecule has 5 rings (SSSR count).